The third-order valence-electron chi connectivity index (χ3n) is 5.79. The molecule has 1 aliphatic heterocycles. The zero-order chi connectivity index (χ0) is 24.5. The van der Waals surface area contributed by atoms with Gasteiger partial charge in [-0.1, -0.05) is 42.5 Å². The van der Waals surface area contributed by atoms with Gasteiger partial charge in [0.05, 0.1) is 5.69 Å². The summed E-state index contributed by atoms with van der Waals surface area (Å²) in [5.74, 6) is 0.563. The Morgan fingerprint density at radius 1 is 1.09 bits per heavy atom. The minimum atomic E-state index is -0.545. The Balaban J connectivity index is 1.66. The molecule has 4 aromatic rings. The molecular weight excluding hydrogens is 444 g/mol. The highest BCUT2D eigenvalue weighted by Crippen LogP contribution is 2.43. The summed E-state index contributed by atoms with van der Waals surface area (Å²) < 4.78 is 7.01. The molecule has 0 fully saturated rings. The lowest BCUT2D eigenvalue weighted by atomic mass is 9.84. The predicted molar refractivity (Wildman–Crippen MR) is 130 cm³/mol. The first kappa shape index (κ1) is 22.3. The fourth-order valence-electron chi connectivity index (χ4n) is 4.34. The number of nitrogens with two attached hydrogens (primary N) is 1. The highest BCUT2D eigenvalue weighted by Gasteiger charge is 2.35. The van der Waals surface area contributed by atoms with E-state index in [-0.39, 0.29) is 24.9 Å². The molecule has 9 nitrogen and oxygen atoms in total. The summed E-state index contributed by atoms with van der Waals surface area (Å²) in [6.45, 7) is 3.60. The molecule has 1 aliphatic rings. The number of anilines is 1. The number of carbonyl (C=O) groups excluding carboxylic acids is 2. The normalized spacial score (nSPS) is 14.8. The fourth-order valence-corrected chi connectivity index (χ4v) is 4.34. The van der Waals surface area contributed by atoms with E-state index in [9.17, 15) is 9.59 Å². The molecule has 0 bridgehead atoms. The largest absolute Gasteiger partial charge is 0.484 e. The van der Waals surface area contributed by atoms with Gasteiger partial charge in [0, 0.05) is 34.9 Å². The number of benzene rings is 2. The summed E-state index contributed by atoms with van der Waals surface area (Å²) in [5, 5.41) is 7.90. The molecule has 0 aliphatic carbocycles. The van der Waals surface area contributed by atoms with Gasteiger partial charge in [-0.25, -0.2) is 9.97 Å². The first-order valence-corrected chi connectivity index (χ1v) is 11.2. The summed E-state index contributed by atoms with van der Waals surface area (Å²) in [4.78, 5) is 33.0. The Morgan fingerprint density at radius 3 is 2.43 bits per heavy atom. The molecule has 5 rings (SSSR count). The first-order valence-electron chi connectivity index (χ1n) is 11.2. The van der Waals surface area contributed by atoms with Crippen LogP contribution in [-0.2, 0) is 9.59 Å². The van der Waals surface area contributed by atoms with Crippen LogP contribution in [-0.4, -0.2) is 38.2 Å². The molecular formula is C26H24N6O3. The number of aryl methyl sites for hydroxylation is 2. The zero-order valence-corrected chi connectivity index (χ0v) is 19.4. The average molecular weight is 469 g/mol. The van der Waals surface area contributed by atoms with Crippen LogP contribution in [0.5, 0.6) is 5.75 Å². The number of ether oxygens (including phenoxy) is 1. The van der Waals surface area contributed by atoms with Gasteiger partial charge in [-0.15, -0.1) is 0 Å². The molecule has 9 heteroatoms. The fraction of sp³-hybridized carbons (Fsp3) is 0.192. The van der Waals surface area contributed by atoms with E-state index < -0.39 is 5.91 Å². The second-order valence-electron chi connectivity index (χ2n) is 8.47. The van der Waals surface area contributed by atoms with Crippen molar-refractivity contribution < 1.29 is 14.3 Å². The number of aromatic nitrogens is 4. The van der Waals surface area contributed by atoms with Crippen molar-refractivity contribution in [2.45, 2.75) is 26.2 Å². The van der Waals surface area contributed by atoms with E-state index in [1.54, 1.807) is 16.8 Å². The number of amides is 2. The van der Waals surface area contributed by atoms with Gasteiger partial charge < -0.3 is 15.8 Å². The van der Waals surface area contributed by atoms with Gasteiger partial charge in [0.25, 0.3) is 11.9 Å². The molecule has 2 aromatic carbocycles. The topological polar surface area (TPSA) is 125 Å². The summed E-state index contributed by atoms with van der Waals surface area (Å²) in [6, 6.07) is 19.0. The van der Waals surface area contributed by atoms with E-state index in [0.717, 1.165) is 33.8 Å². The second-order valence-corrected chi connectivity index (χ2v) is 8.47. The van der Waals surface area contributed by atoms with Crippen LogP contribution in [0.2, 0.25) is 0 Å². The summed E-state index contributed by atoms with van der Waals surface area (Å²) in [7, 11) is 0. The lowest BCUT2D eigenvalue weighted by Crippen LogP contribution is -2.25. The minimum absolute atomic E-state index is 0.123. The summed E-state index contributed by atoms with van der Waals surface area (Å²) in [6.07, 6.45) is 0.258. The number of nitrogens with one attached hydrogen (secondary N) is 1. The minimum Gasteiger partial charge on any atom is -0.484 e. The van der Waals surface area contributed by atoms with E-state index in [2.05, 4.69) is 15.3 Å². The Labute approximate surface area is 202 Å². The highest BCUT2D eigenvalue weighted by molar-refractivity contribution is 5.96. The van der Waals surface area contributed by atoms with Gasteiger partial charge in [0.1, 0.15) is 11.6 Å². The second kappa shape index (κ2) is 9.02. The Morgan fingerprint density at radius 2 is 1.77 bits per heavy atom. The summed E-state index contributed by atoms with van der Waals surface area (Å²) in [5.41, 5.74) is 10.3. The van der Waals surface area contributed by atoms with Gasteiger partial charge in [0.2, 0.25) is 5.91 Å². The standard InChI is InChI=1S/C26H24N6O3/c1-15-12-16(2)29-26(28-15)32-25-23(24(31-32)18-6-4-3-5-7-18)20(13-22(34)30-25)17-8-10-19(11-9-17)35-14-21(27)33/h3-12,20H,13-14H2,1-2H3,(H2,27,33)(H,30,34)/t20-/m1/s1. The third-order valence-corrected chi connectivity index (χ3v) is 5.79. The number of hydrogen-bond acceptors (Lipinski definition) is 6. The van der Waals surface area contributed by atoms with Gasteiger partial charge in [-0.05, 0) is 37.6 Å². The van der Waals surface area contributed by atoms with Crippen LogP contribution in [0, 0.1) is 13.8 Å². The van der Waals surface area contributed by atoms with Crippen LogP contribution in [0.3, 0.4) is 0 Å². The Hall–Kier alpha value is -4.53. The van der Waals surface area contributed by atoms with Gasteiger partial charge >= 0.3 is 0 Å². The van der Waals surface area contributed by atoms with E-state index in [1.165, 1.54) is 0 Å². The number of nitrogens with zero attached hydrogens (tertiary/aromatic N) is 4. The quantitative estimate of drug-likeness (QED) is 0.447. The van der Waals surface area contributed by atoms with E-state index >= 15 is 0 Å². The summed E-state index contributed by atoms with van der Waals surface area (Å²) >= 11 is 0. The van der Waals surface area contributed by atoms with E-state index in [4.69, 9.17) is 15.6 Å². The smallest absolute Gasteiger partial charge is 0.255 e. The molecule has 0 saturated heterocycles. The maximum atomic E-state index is 12.8. The number of rotatable bonds is 6. The number of carbonyl (C=O) groups is 2. The molecule has 0 unspecified atom stereocenters. The first-order chi connectivity index (χ1) is 16.9. The number of fused-ring (bicyclic) bond motifs is 1. The van der Waals surface area contributed by atoms with Crippen LogP contribution in [0.1, 0.15) is 34.9 Å². The van der Waals surface area contributed by atoms with E-state index in [0.29, 0.717) is 17.5 Å². The third kappa shape index (κ3) is 4.48. The van der Waals surface area contributed by atoms with Crippen molar-refractivity contribution >= 4 is 17.6 Å². The highest BCUT2D eigenvalue weighted by atomic mass is 16.5. The SMILES string of the molecule is Cc1cc(C)nc(-n2nc(-c3ccccc3)c3c2NC(=O)C[C@@H]3c2ccc(OCC(N)=O)cc2)n1. The zero-order valence-electron chi connectivity index (χ0n) is 19.4. The predicted octanol–water partition coefficient (Wildman–Crippen LogP) is 3.28. The van der Waals surface area contributed by atoms with Crippen LogP contribution >= 0.6 is 0 Å². The van der Waals surface area contributed by atoms with Crippen molar-refractivity contribution in [2.75, 3.05) is 11.9 Å². The molecule has 3 heterocycles. The van der Waals surface area contributed by atoms with Crippen molar-refractivity contribution in [2.24, 2.45) is 5.73 Å². The Kier molecular flexibility index (Phi) is 5.74. The molecule has 0 saturated carbocycles. The van der Waals surface area contributed by atoms with Crippen molar-refractivity contribution in [3.63, 3.8) is 0 Å². The Bertz CT molecular complexity index is 1390. The molecule has 0 radical (unpaired) electrons. The molecule has 2 amide bonds. The van der Waals surface area contributed by atoms with Gasteiger partial charge in [-0.3, -0.25) is 9.59 Å². The molecule has 0 spiro atoms. The van der Waals surface area contributed by atoms with Crippen molar-refractivity contribution in [1.82, 2.24) is 19.7 Å². The number of hydrogen-bond donors (Lipinski definition) is 2. The monoisotopic (exact) mass is 468 g/mol. The molecule has 35 heavy (non-hydrogen) atoms. The van der Waals surface area contributed by atoms with Crippen LogP contribution in [0.25, 0.3) is 17.2 Å². The maximum absolute atomic E-state index is 12.8. The maximum Gasteiger partial charge on any atom is 0.255 e. The van der Waals surface area contributed by atoms with Gasteiger partial charge in [0.15, 0.2) is 6.61 Å². The molecule has 3 N–H and O–H groups in total. The molecule has 2 aromatic heterocycles. The molecule has 1 atom stereocenters. The average Bonchev–Trinajstić information content (AvgIpc) is 3.22. The van der Waals surface area contributed by atoms with E-state index in [1.807, 2.05) is 62.4 Å². The molecule has 176 valence electrons. The van der Waals surface area contributed by atoms with Gasteiger partial charge in [-0.2, -0.15) is 9.78 Å². The lowest BCUT2D eigenvalue weighted by Gasteiger charge is -2.24. The van der Waals surface area contributed by atoms with Crippen molar-refractivity contribution in [3.8, 4) is 23.0 Å². The van der Waals surface area contributed by atoms with Crippen LogP contribution < -0.4 is 15.8 Å². The lowest BCUT2D eigenvalue weighted by molar-refractivity contribution is -0.120. The van der Waals surface area contributed by atoms with Crippen molar-refractivity contribution in [3.05, 3.63) is 83.2 Å². The van der Waals surface area contributed by atoms with Crippen LogP contribution in [0.4, 0.5) is 5.82 Å². The van der Waals surface area contributed by atoms with Crippen LogP contribution in [0.15, 0.2) is 60.7 Å². The number of primary amides is 1. The van der Waals surface area contributed by atoms with Crippen molar-refractivity contribution in [1.29, 1.82) is 0 Å².